The molecule has 0 aliphatic carbocycles. The first-order chi connectivity index (χ1) is 15.9. The number of halogens is 1. The molecule has 1 spiro atoms. The second-order valence-electron chi connectivity index (χ2n) is 8.90. The van der Waals surface area contributed by atoms with Crippen LogP contribution in [0.5, 0.6) is 0 Å². The van der Waals surface area contributed by atoms with Crippen molar-refractivity contribution in [3.8, 4) is 0 Å². The zero-order chi connectivity index (χ0) is 23.3. The van der Waals surface area contributed by atoms with Crippen LogP contribution < -0.4 is 4.90 Å². The van der Waals surface area contributed by atoms with E-state index in [2.05, 4.69) is 0 Å². The standard InChI is InChI=1S/C24H26ClN3O4S/c1-26-11-4-9-17-18(21(26)30)19-22(31)28(13-6-14-29)20-23(32)27(12-5-10-24(19,20)33-17)16-8-3-2-7-15(16)25/h2-5,7-10,17-20,29H,6,11-14H2,1H3/t17-,18+,19+,20?,24+/m1/s1. The summed E-state index contributed by atoms with van der Waals surface area (Å²) in [6, 6.07) is 6.39. The monoisotopic (exact) mass is 487 g/mol. The van der Waals surface area contributed by atoms with E-state index in [1.165, 1.54) is 0 Å². The van der Waals surface area contributed by atoms with E-state index in [9.17, 15) is 19.5 Å². The van der Waals surface area contributed by atoms with Crippen LogP contribution >= 0.6 is 23.4 Å². The predicted octanol–water partition coefficient (Wildman–Crippen LogP) is 1.95. The van der Waals surface area contributed by atoms with Crippen molar-refractivity contribution >= 4 is 46.8 Å². The fourth-order valence-electron chi connectivity index (χ4n) is 5.63. The minimum atomic E-state index is -0.854. The molecule has 1 unspecified atom stereocenters. The molecule has 2 fully saturated rings. The Kier molecular flexibility index (Phi) is 5.79. The van der Waals surface area contributed by atoms with Gasteiger partial charge in [-0.15, -0.1) is 11.8 Å². The summed E-state index contributed by atoms with van der Waals surface area (Å²) in [4.78, 5) is 46.1. The van der Waals surface area contributed by atoms with E-state index in [0.717, 1.165) is 0 Å². The third-order valence-electron chi connectivity index (χ3n) is 7.06. The number of para-hydroxylation sites is 1. The smallest absolute Gasteiger partial charge is 0.251 e. The minimum absolute atomic E-state index is 0.0662. The Morgan fingerprint density at radius 3 is 2.67 bits per heavy atom. The molecule has 7 nitrogen and oxygen atoms in total. The average Bonchev–Trinajstić information content (AvgIpc) is 3.12. The molecule has 1 aromatic rings. The van der Waals surface area contributed by atoms with E-state index in [4.69, 9.17) is 11.6 Å². The van der Waals surface area contributed by atoms with Gasteiger partial charge in [-0.3, -0.25) is 14.4 Å². The Morgan fingerprint density at radius 2 is 1.91 bits per heavy atom. The van der Waals surface area contributed by atoms with Gasteiger partial charge in [-0.1, -0.05) is 48.0 Å². The Morgan fingerprint density at radius 1 is 1.12 bits per heavy atom. The van der Waals surface area contributed by atoms with Crippen molar-refractivity contribution in [2.75, 3.05) is 38.2 Å². The summed E-state index contributed by atoms with van der Waals surface area (Å²) in [5.41, 5.74) is 0.594. The number of hydrogen-bond donors (Lipinski definition) is 1. The van der Waals surface area contributed by atoms with Crippen LogP contribution in [0.2, 0.25) is 5.02 Å². The van der Waals surface area contributed by atoms with Gasteiger partial charge in [0.15, 0.2) is 0 Å². The maximum Gasteiger partial charge on any atom is 0.251 e. The molecule has 3 amide bonds. The number of nitrogens with zero attached hydrogens (tertiary/aromatic N) is 3. The van der Waals surface area contributed by atoms with Crippen molar-refractivity contribution < 1.29 is 19.5 Å². The van der Waals surface area contributed by atoms with Gasteiger partial charge in [0, 0.05) is 38.5 Å². The van der Waals surface area contributed by atoms with Crippen LogP contribution in [0.15, 0.2) is 48.6 Å². The van der Waals surface area contributed by atoms with Crippen molar-refractivity contribution in [1.29, 1.82) is 0 Å². The molecule has 4 heterocycles. The first-order valence-electron chi connectivity index (χ1n) is 11.1. The van der Waals surface area contributed by atoms with Crippen LogP contribution in [0.25, 0.3) is 0 Å². The number of likely N-dealkylation sites (N-methyl/N-ethyl adjacent to an activating group) is 1. The van der Waals surface area contributed by atoms with Gasteiger partial charge in [-0.2, -0.15) is 0 Å². The lowest BCUT2D eigenvalue weighted by Crippen LogP contribution is -2.53. The first-order valence-corrected chi connectivity index (χ1v) is 12.4. The van der Waals surface area contributed by atoms with Crippen LogP contribution in [0.1, 0.15) is 6.42 Å². The Balaban J connectivity index is 1.63. The Hall–Kier alpha value is -2.29. The highest BCUT2D eigenvalue weighted by Crippen LogP contribution is 2.61. The zero-order valence-electron chi connectivity index (χ0n) is 18.3. The van der Waals surface area contributed by atoms with Crippen LogP contribution in [-0.2, 0) is 14.4 Å². The van der Waals surface area contributed by atoms with Crippen LogP contribution in [-0.4, -0.2) is 82.0 Å². The molecule has 0 bridgehead atoms. The number of fused-ring (bicyclic) bond motifs is 2. The molecule has 33 heavy (non-hydrogen) atoms. The maximum atomic E-state index is 14.1. The number of thioether (sulfide) groups is 1. The van der Waals surface area contributed by atoms with Gasteiger partial charge in [-0.05, 0) is 18.6 Å². The predicted molar refractivity (Wildman–Crippen MR) is 128 cm³/mol. The van der Waals surface area contributed by atoms with Crippen LogP contribution in [0, 0.1) is 11.8 Å². The Labute approximate surface area is 202 Å². The topological polar surface area (TPSA) is 81.2 Å². The second-order valence-corrected chi connectivity index (χ2v) is 10.8. The second kappa shape index (κ2) is 8.49. The first kappa shape index (κ1) is 22.5. The molecule has 4 aliphatic rings. The average molecular weight is 488 g/mol. The number of rotatable bonds is 4. The fraction of sp³-hybridized carbons (Fsp3) is 0.458. The molecule has 0 saturated carbocycles. The summed E-state index contributed by atoms with van der Waals surface area (Å²) in [6.07, 6.45) is 8.25. The van der Waals surface area contributed by atoms with E-state index >= 15 is 0 Å². The molecule has 1 aromatic carbocycles. The van der Waals surface area contributed by atoms with E-state index < -0.39 is 22.6 Å². The number of likely N-dealkylation sites (tertiary alicyclic amines) is 1. The summed E-state index contributed by atoms with van der Waals surface area (Å²) in [7, 11) is 1.75. The molecule has 4 aliphatic heterocycles. The van der Waals surface area contributed by atoms with E-state index in [1.54, 1.807) is 45.6 Å². The lowest BCUT2D eigenvalue weighted by Gasteiger charge is -2.35. The van der Waals surface area contributed by atoms with Crippen molar-refractivity contribution in [2.45, 2.75) is 22.5 Å². The minimum Gasteiger partial charge on any atom is -0.396 e. The van der Waals surface area contributed by atoms with Gasteiger partial charge >= 0.3 is 0 Å². The van der Waals surface area contributed by atoms with Gasteiger partial charge in [0.05, 0.1) is 27.3 Å². The number of aliphatic hydroxyl groups excluding tert-OH is 1. The maximum absolute atomic E-state index is 14.1. The number of anilines is 1. The van der Waals surface area contributed by atoms with E-state index in [0.29, 0.717) is 30.2 Å². The summed E-state index contributed by atoms with van der Waals surface area (Å²) in [5, 5.41) is 9.74. The molecule has 174 valence electrons. The number of aliphatic hydroxyl groups is 1. The number of amides is 3. The quantitative estimate of drug-likeness (QED) is 0.656. The van der Waals surface area contributed by atoms with Crippen molar-refractivity contribution in [1.82, 2.24) is 9.80 Å². The molecule has 5 atom stereocenters. The zero-order valence-corrected chi connectivity index (χ0v) is 19.8. The number of carbonyl (C=O) groups excluding carboxylic acids is 3. The summed E-state index contributed by atoms with van der Waals surface area (Å²) >= 11 is 7.98. The van der Waals surface area contributed by atoms with Gasteiger partial charge in [0.2, 0.25) is 11.8 Å². The largest absolute Gasteiger partial charge is 0.396 e. The van der Waals surface area contributed by atoms with Crippen molar-refractivity contribution in [3.05, 3.63) is 53.6 Å². The molecule has 0 radical (unpaired) electrons. The molecular formula is C24H26ClN3O4S. The van der Waals surface area contributed by atoms with Crippen LogP contribution in [0.4, 0.5) is 5.69 Å². The van der Waals surface area contributed by atoms with E-state index in [1.807, 2.05) is 36.4 Å². The number of benzene rings is 1. The number of carbonyl (C=O) groups is 3. The van der Waals surface area contributed by atoms with Gasteiger partial charge < -0.3 is 19.8 Å². The summed E-state index contributed by atoms with van der Waals surface area (Å²) in [6.45, 7) is 1.00. The third kappa shape index (κ3) is 3.33. The van der Waals surface area contributed by atoms with Gasteiger partial charge in [0.1, 0.15) is 6.04 Å². The Bertz CT molecular complexity index is 1060. The third-order valence-corrected chi connectivity index (χ3v) is 9.12. The fourth-order valence-corrected chi connectivity index (χ4v) is 7.88. The van der Waals surface area contributed by atoms with E-state index in [-0.39, 0.29) is 36.1 Å². The lowest BCUT2D eigenvalue weighted by molar-refractivity contribution is -0.142. The highest BCUT2D eigenvalue weighted by Gasteiger charge is 2.70. The van der Waals surface area contributed by atoms with Crippen LogP contribution in [0.3, 0.4) is 0 Å². The SMILES string of the molecule is CN1CC=C[C@H]2S[C@]34C=CCN(c5ccccc5Cl)C(=O)C3N(CCCO)C(=O)[C@@H]4[C@H]2C1=O. The molecular weight excluding hydrogens is 462 g/mol. The molecule has 9 heteroatoms. The van der Waals surface area contributed by atoms with Crippen molar-refractivity contribution in [3.63, 3.8) is 0 Å². The molecule has 5 rings (SSSR count). The highest BCUT2D eigenvalue weighted by molar-refractivity contribution is 8.02. The summed E-state index contributed by atoms with van der Waals surface area (Å²) in [5.74, 6) is -1.64. The molecule has 1 N–H and O–H groups in total. The summed E-state index contributed by atoms with van der Waals surface area (Å²) < 4.78 is -0.854. The number of hydrogen-bond acceptors (Lipinski definition) is 5. The molecule has 0 aromatic heterocycles. The molecule has 2 saturated heterocycles. The lowest BCUT2D eigenvalue weighted by atomic mass is 9.78. The van der Waals surface area contributed by atoms with Gasteiger partial charge in [0.25, 0.3) is 5.91 Å². The van der Waals surface area contributed by atoms with Gasteiger partial charge in [-0.25, -0.2) is 0 Å². The van der Waals surface area contributed by atoms with Crippen molar-refractivity contribution in [2.24, 2.45) is 11.8 Å². The normalized spacial score (nSPS) is 33.2. The highest BCUT2D eigenvalue weighted by atomic mass is 35.5.